The van der Waals surface area contributed by atoms with Gasteiger partial charge in [-0.25, -0.2) is 13.2 Å². The van der Waals surface area contributed by atoms with E-state index in [1.807, 2.05) is 0 Å². The van der Waals surface area contributed by atoms with Gasteiger partial charge in [-0.3, -0.25) is 0 Å². The minimum Gasteiger partial charge on any atom is -0.494 e. The maximum atomic E-state index is 16.7. The topological polar surface area (TPSA) is 18.5 Å². The van der Waals surface area contributed by atoms with Crippen LogP contribution in [0, 0.1) is 5.82 Å². The van der Waals surface area contributed by atoms with E-state index in [0.29, 0.717) is 18.8 Å². The highest BCUT2D eigenvalue weighted by Crippen LogP contribution is 2.50. The van der Waals surface area contributed by atoms with Crippen LogP contribution in [-0.4, -0.2) is 19.4 Å². The van der Waals surface area contributed by atoms with Crippen molar-refractivity contribution in [3.05, 3.63) is 77.1 Å². The van der Waals surface area contributed by atoms with Gasteiger partial charge in [-0.1, -0.05) is 102 Å². The van der Waals surface area contributed by atoms with Crippen LogP contribution in [-0.2, 0) is 11.8 Å². The van der Waals surface area contributed by atoms with Crippen LogP contribution in [0.15, 0.2) is 54.6 Å². The van der Waals surface area contributed by atoms with E-state index in [-0.39, 0.29) is 12.2 Å². The van der Waals surface area contributed by atoms with Gasteiger partial charge in [-0.05, 0) is 48.7 Å². The molecule has 1 aliphatic carbocycles. The molecule has 0 amide bonds. The van der Waals surface area contributed by atoms with E-state index in [2.05, 4.69) is 13.8 Å². The zero-order chi connectivity index (χ0) is 31.3. The maximum Gasteiger partial charge on any atom is 0.422 e. The molecule has 0 fully saturated rings. The lowest BCUT2D eigenvalue weighted by atomic mass is 9.77. The number of alkyl halides is 5. The van der Waals surface area contributed by atoms with Crippen LogP contribution in [0.2, 0.25) is 0 Å². The Hall–Kier alpha value is -2.90. The van der Waals surface area contributed by atoms with Crippen molar-refractivity contribution >= 4 is 5.57 Å². The van der Waals surface area contributed by atoms with Gasteiger partial charge in [-0.2, -0.15) is 13.2 Å². The van der Waals surface area contributed by atoms with Gasteiger partial charge in [0.25, 0.3) is 0 Å². The minimum atomic E-state index is -5.11. The molecule has 2 nitrogen and oxygen atoms in total. The summed E-state index contributed by atoms with van der Waals surface area (Å²) in [6.45, 7) is 4.71. The number of unbranched alkanes of at least 4 members (excludes halogenated alkanes) is 10. The Balaban J connectivity index is 1.79. The van der Waals surface area contributed by atoms with Crippen LogP contribution < -0.4 is 9.47 Å². The predicted molar refractivity (Wildman–Crippen MR) is 160 cm³/mol. The fourth-order valence-electron chi connectivity index (χ4n) is 5.33. The first-order valence-electron chi connectivity index (χ1n) is 15.6. The molecule has 238 valence electrons. The second-order valence-electron chi connectivity index (χ2n) is 11.1. The third kappa shape index (κ3) is 9.29. The second-order valence-corrected chi connectivity index (χ2v) is 11.1. The van der Waals surface area contributed by atoms with Crippen molar-refractivity contribution < 1.29 is 35.8 Å². The van der Waals surface area contributed by atoms with Crippen molar-refractivity contribution in [3.8, 4) is 11.5 Å². The summed E-state index contributed by atoms with van der Waals surface area (Å²) in [5, 5.41) is 0. The normalized spacial score (nSPS) is 18.5. The first kappa shape index (κ1) is 34.6. The number of allylic oxidation sites excluding steroid dienone is 4. The molecule has 0 saturated heterocycles. The Morgan fingerprint density at radius 3 is 1.88 bits per heavy atom. The zero-order valence-electron chi connectivity index (χ0n) is 25.3. The van der Waals surface area contributed by atoms with Crippen molar-refractivity contribution in [3.63, 3.8) is 0 Å². The molecule has 3 rings (SSSR count). The SMILES string of the molecule is CCCCCCCCOc1ccc(C2(F)C(c3ccc(OCCCCCCCC)c(C(F)(F)F)c3F)=CC=CC2F)cc1. The van der Waals surface area contributed by atoms with E-state index in [9.17, 15) is 13.2 Å². The summed E-state index contributed by atoms with van der Waals surface area (Å²) in [6.07, 6.45) is 7.92. The molecular formula is C35H44F6O2. The molecule has 2 aromatic rings. The standard InChI is InChI=1S/C35H44F6O2/c1-3-5-7-9-11-13-24-42-27-20-18-26(19-21-27)34(38)29(16-15-17-31(34)36)28-22-23-30(32(33(28)37)35(39,40)41)43-25-14-12-10-8-6-4-2/h15-23,31H,3-14,24-25H2,1-2H3. The molecule has 0 heterocycles. The Morgan fingerprint density at radius 1 is 0.744 bits per heavy atom. The van der Waals surface area contributed by atoms with Crippen LogP contribution >= 0.6 is 0 Å². The lowest BCUT2D eigenvalue weighted by molar-refractivity contribution is -0.141. The molecule has 2 aromatic carbocycles. The van der Waals surface area contributed by atoms with E-state index < -0.39 is 46.3 Å². The van der Waals surface area contributed by atoms with Crippen molar-refractivity contribution in [2.45, 2.75) is 109 Å². The van der Waals surface area contributed by atoms with Crippen molar-refractivity contribution in [2.24, 2.45) is 0 Å². The molecule has 0 saturated carbocycles. The summed E-state index contributed by atoms with van der Waals surface area (Å²) >= 11 is 0. The van der Waals surface area contributed by atoms with Crippen LogP contribution in [0.25, 0.3) is 5.57 Å². The summed E-state index contributed by atoms with van der Waals surface area (Å²) in [7, 11) is 0. The second kappa shape index (κ2) is 16.8. The van der Waals surface area contributed by atoms with Gasteiger partial charge in [0.05, 0.1) is 13.2 Å². The van der Waals surface area contributed by atoms with Crippen molar-refractivity contribution in [2.75, 3.05) is 13.2 Å². The summed E-state index contributed by atoms with van der Waals surface area (Å²) in [5.74, 6) is -1.89. The summed E-state index contributed by atoms with van der Waals surface area (Å²) in [6, 6.07) is 7.67. The van der Waals surface area contributed by atoms with E-state index in [1.165, 1.54) is 49.6 Å². The number of hydrogen-bond donors (Lipinski definition) is 0. The lowest BCUT2D eigenvalue weighted by Crippen LogP contribution is -2.34. The highest BCUT2D eigenvalue weighted by atomic mass is 19.4. The zero-order valence-corrected chi connectivity index (χ0v) is 25.3. The number of benzene rings is 2. The van der Waals surface area contributed by atoms with Gasteiger partial charge in [-0.15, -0.1) is 0 Å². The Kier molecular flexibility index (Phi) is 13.5. The smallest absolute Gasteiger partial charge is 0.422 e. The summed E-state index contributed by atoms with van der Waals surface area (Å²) in [4.78, 5) is 0. The van der Waals surface area contributed by atoms with Crippen LogP contribution in [0.3, 0.4) is 0 Å². The average molecular weight is 611 g/mol. The highest BCUT2D eigenvalue weighted by Gasteiger charge is 2.48. The van der Waals surface area contributed by atoms with Crippen LogP contribution in [0.4, 0.5) is 26.3 Å². The molecule has 43 heavy (non-hydrogen) atoms. The quantitative estimate of drug-likeness (QED) is 0.123. The Bertz CT molecular complexity index is 1190. The Labute approximate surface area is 252 Å². The van der Waals surface area contributed by atoms with Gasteiger partial charge < -0.3 is 9.47 Å². The van der Waals surface area contributed by atoms with E-state index in [1.54, 1.807) is 0 Å². The highest BCUT2D eigenvalue weighted by molar-refractivity contribution is 5.79. The van der Waals surface area contributed by atoms with Gasteiger partial charge >= 0.3 is 6.18 Å². The molecule has 0 aliphatic heterocycles. The Morgan fingerprint density at radius 2 is 1.30 bits per heavy atom. The molecule has 0 aromatic heterocycles. The van der Waals surface area contributed by atoms with Gasteiger partial charge in [0.1, 0.15) is 22.9 Å². The molecular weight excluding hydrogens is 566 g/mol. The molecule has 0 spiro atoms. The summed E-state index contributed by atoms with van der Waals surface area (Å²) < 4.78 is 101. The third-order valence-electron chi connectivity index (χ3n) is 7.79. The predicted octanol–water partition coefficient (Wildman–Crippen LogP) is 11.5. The molecule has 0 radical (unpaired) electrons. The van der Waals surface area contributed by atoms with Gasteiger partial charge in [0.15, 0.2) is 11.8 Å². The molecule has 8 heteroatoms. The average Bonchev–Trinajstić information content (AvgIpc) is 2.97. The van der Waals surface area contributed by atoms with Gasteiger partial charge in [0, 0.05) is 11.1 Å². The fourth-order valence-corrected chi connectivity index (χ4v) is 5.33. The maximum absolute atomic E-state index is 16.7. The molecule has 2 atom stereocenters. The summed E-state index contributed by atoms with van der Waals surface area (Å²) in [5.41, 5.74) is -5.90. The molecule has 0 N–H and O–H groups in total. The number of hydrogen-bond acceptors (Lipinski definition) is 2. The number of halogens is 6. The third-order valence-corrected chi connectivity index (χ3v) is 7.79. The van der Waals surface area contributed by atoms with Gasteiger partial charge in [0.2, 0.25) is 0 Å². The molecule has 0 bridgehead atoms. The largest absolute Gasteiger partial charge is 0.494 e. The molecule has 2 unspecified atom stereocenters. The first-order chi connectivity index (χ1) is 20.6. The number of rotatable bonds is 18. The van der Waals surface area contributed by atoms with Crippen LogP contribution in [0.5, 0.6) is 11.5 Å². The van der Waals surface area contributed by atoms with E-state index in [4.69, 9.17) is 9.47 Å². The van der Waals surface area contributed by atoms with Crippen molar-refractivity contribution in [1.29, 1.82) is 0 Å². The molecule has 1 aliphatic rings. The number of ether oxygens (including phenoxy) is 2. The fraction of sp³-hybridized carbons (Fsp3) is 0.543. The van der Waals surface area contributed by atoms with E-state index in [0.717, 1.165) is 75.7 Å². The lowest BCUT2D eigenvalue weighted by Gasteiger charge is -2.33. The minimum absolute atomic E-state index is 0.00763. The van der Waals surface area contributed by atoms with E-state index >= 15 is 13.2 Å². The first-order valence-corrected chi connectivity index (χ1v) is 15.6. The van der Waals surface area contributed by atoms with Crippen LogP contribution in [0.1, 0.15) is 108 Å². The van der Waals surface area contributed by atoms with Crippen molar-refractivity contribution in [1.82, 2.24) is 0 Å². The monoisotopic (exact) mass is 610 g/mol.